The van der Waals surface area contributed by atoms with E-state index in [1.54, 1.807) is 16.4 Å². The van der Waals surface area contributed by atoms with Gasteiger partial charge in [0.1, 0.15) is 5.82 Å². The molecule has 8 nitrogen and oxygen atoms in total. The van der Waals surface area contributed by atoms with Gasteiger partial charge in [-0.25, -0.2) is 13.4 Å². The number of likely N-dealkylation sites (N-methyl/N-ethyl adjacent to an activating group) is 1. The quantitative estimate of drug-likeness (QED) is 0.600. The summed E-state index contributed by atoms with van der Waals surface area (Å²) in [4.78, 5) is 19.4. The third-order valence-corrected chi connectivity index (χ3v) is 8.01. The van der Waals surface area contributed by atoms with Crippen LogP contribution >= 0.6 is 0 Å². The maximum absolute atomic E-state index is 13.0. The fraction of sp³-hybridized carbons (Fsp3) is 0.636. The molecule has 0 atom stereocenters. The number of piperidine rings is 1. The van der Waals surface area contributed by atoms with Crippen molar-refractivity contribution in [1.29, 1.82) is 0 Å². The van der Waals surface area contributed by atoms with Crippen LogP contribution in [-0.2, 0) is 28.3 Å². The maximum Gasteiger partial charge on any atom is 0.243 e. The fourth-order valence-electron chi connectivity index (χ4n) is 4.07. The number of hydrogen-bond donors (Lipinski definition) is 1. The molecule has 1 aliphatic heterocycles. The molecule has 0 saturated carbocycles. The highest BCUT2D eigenvalue weighted by molar-refractivity contribution is 7.89. The van der Waals surface area contributed by atoms with Crippen LogP contribution in [0.15, 0.2) is 23.1 Å². The molecular formula is C22H35N5O3S. The van der Waals surface area contributed by atoms with Crippen molar-refractivity contribution in [3.8, 4) is 0 Å². The lowest BCUT2D eigenvalue weighted by Crippen LogP contribution is -2.35. The topological polar surface area (TPSA) is 87.5 Å². The summed E-state index contributed by atoms with van der Waals surface area (Å²) < 4.78 is 29.4. The summed E-state index contributed by atoms with van der Waals surface area (Å²) in [6.45, 7) is 8.82. The first-order valence-corrected chi connectivity index (χ1v) is 12.7. The van der Waals surface area contributed by atoms with Crippen LogP contribution in [0.2, 0.25) is 0 Å². The summed E-state index contributed by atoms with van der Waals surface area (Å²) in [6.07, 6.45) is 3.76. The van der Waals surface area contributed by atoms with Gasteiger partial charge < -0.3 is 14.8 Å². The normalized spacial score (nSPS) is 15.6. The maximum atomic E-state index is 13.0. The van der Waals surface area contributed by atoms with E-state index in [9.17, 15) is 13.2 Å². The smallest absolute Gasteiger partial charge is 0.243 e. The van der Waals surface area contributed by atoms with E-state index in [0.717, 1.165) is 50.2 Å². The molecule has 0 radical (unpaired) electrons. The predicted octanol–water partition coefficient (Wildman–Crippen LogP) is 2.14. The zero-order valence-corrected chi connectivity index (χ0v) is 19.7. The summed E-state index contributed by atoms with van der Waals surface area (Å²) in [6, 6.07) is 5.14. The van der Waals surface area contributed by atoms with E-state index in [0.29, 0.717) is 42.9 Å². The second kappa shape index (κ2) is 10.6. The van der Waals surface area contributed by atoms with Crippen LogP contribution in [0.5, 0.6) is 0 Å². The summed E-state index contributed by atoms with van der Waals surface area (Å²) in [5, 5.41) is 2.97. The Kier molecular flexibility index (Phi) is 8.07. The number of fused-ring (bicyclic) bond motifs is 1. The molecule has 1 amide bonds. The van der Waals surface area contributed by atoms with Gasteiger partial charge in [0.05, 0.1) is 15.9 Å². The number of aromatic nitrogens is 2. The molecule has 1 N–H and O–H groups in total. The highest BCUT2D eigenvalue weighted by atomic mass is 32.2. The minimum Gasteiger partial charge on any atom is -0.355 e. The first kappa shape index (κ1) is 23.7. The molecule has 0 unspecified atom stereocenters. The van der Waals surface area contributed by atoms with E-state index >= 15 is 0 Å². The van der Waals surface area contributed by atoms with Crippen molar-refractivity contribution in [2.45, 2.75) is 50.8 Å². The Morgan fingerprint density at radius 1 is 1.16 bits per heavy atom. The van der Waals surface area contributed by atoms with Crippen molar-refractivity contribution < 1.29 is 13.2 Å². The third-order valence-electron chi connectivity index (χ3n) is 6.12. The second-order valence-corrected chi connectivity index (χ2v) is 10.0. The standard InChI is InChI=1S/C22H35N5O3S/c1-4-26(5-2)16-13-23-22(28)12-11-21-24-19-17-18(9-10-20(19)25(21)3)31(29,30)27-14-7-6-8-15-27/h9-10,17H,4-8,11-16H2,1-3H3,(H,23,28). The Balaban J connectivity index is 1.65. The van der Waals surface area contributed by atoms with E-state index in [4.69, 9.17) is 0 Å². The number of amides is 1. The fourth-order valence-corrected chi connectivity index (χ4v) is 5.61. The van der Waals surface area contributed by atoms with Gasteiger partial charge in [-0.15, -0.1) is 0 Å². The molecule has 1 aromatic carbocycles. The lowest BCUT2D eigenvalue weighted by atomic mass is 10.2. The van der Waals surface area contributed by atoms with Crippen LogP contribution in [0.3, 0.4) is 0 Å². The van der Waals surface area contributed by atoms with Crippen LogP contribution in [0, 0.1) is 0 Å². The van der Waals surface area contributed by atoms with E-state index < -0.39 is 10.0 Å². The van der Waals surface area contributed by atoms with Gasteiger partial charge in [0.2, 0.25) is 15.9 Å². The van der Waals surface area contributed by atoms with Crippen molar-refractivity contribution in [3.05, 3.63) is 24.0 Å². The van der Waals surface area contributed by atoms with Crippen molar-refractivity contribution in [2.75, 3.05) is 39.3 Å². The Morgan fingerprint density at radius 3 is 2.55 bits per heavy atom. The largest absolute Gasteiger partial charge is 0.355 e. The minimum absolute atomic E-state index is 0.00702. The lowest BCUT2D eigenvalue weighted by Gasteiger charge is -2.25. The van der Waals surface area contributed by atoms with E-state index in [1.807, 2.05) is 17.7 Å². The molecule has 0 spiro atoms. The van der Waals surface area contributed by atoms with Crippen LogP contribution in [0.1, 0.15) is 45.4 Å². The van der Waals surface area contributed by atoms with Gasteiger partial charge in [0.15, 0.2) is 0 Å². The Labute approximate surface area is 185 Å². The molecule has 1 saturated heterocycles. The molecule has 31 heavy (non-hydrogen) atoms. The zero-order chi connectivity index (χ0) is 22.4. The van der Waals surface area contributed by atoms with Crippen LogP contribution in [-0.4, -0.2) is 72.3 Å². The van der Waals surface area contributed by atoms with Crippen LogP contribution < -0.4 is 5.32 Å². The summed E-state index contributed by atoms with van der Waals surface area (Å²) in [7, 11) is -1.58. The number of aryl methyl sites for hydroxylation is 2. The zero-order valence-electron chi connectivity index (χ0n) is 18.9. The van der Waals surface area contributed by atoms with Crippen LogP contribution in [0.4, 0.5) is 0 Å². The van der Waals surface area contributed by atoms with Crippen molar-refractivity contribution in [3.63, 3.8) is 0 Å². The second-order valence-electron chi connectivity index (χ2n) is 8.08. The third kappa shape index (κ3) is 5.64. The van der Waals surface area contributed by atoms with Gasteiger partial charge in [0, 0.05) is 46.1 Å². The average molecular weight is 450 g/mol. The Bertz CT molecular complexity index is 992. The molecule has 172 valence electrons. The van der Waals surface area contributed by atoms with Gasteiger partial charge in [-0.1, -0.05) is 20.3 Å². The van der Waals surface area contributed by atoms with Crippen LogP contribution in [0.25, 0.3) is 11.0 Å². The number of imidazole rings is 1. The lowest BCUT2D eigenvalue weighted by molar-refractivity contribution is -0.121. The first-order chi connectivity index (χ1) is 14.9. The van der Waals surface area contributed by atoms with Gasteiger partial charge in [0.25, 0.3) is 0 Å². The molecule has 2 heterocycles. The highest BCUT2D eigenvalue weighted by Gasteiger charge is 2.26. The number of rotatable bonds is 10. The minimum atomic E-state index is -3.49. The van der Waals surface area contributed by atoms with Gasteiger partial charge >= 0.3 is 0 Å². The molecule has 1 fully saturated rings. The monoisotopic (exact) mass is 449 g/mol. The van der Waals surface area contributed by atoms with E-state index in [2.05, 4.69) is 29.0 Å². The molecule has 1 aromatic heterocycles. The summed E-state index contributed by atoms with van der Waals surface area (Å²) in [5.41, 5.74) is 1.52. The molecule has 1 aliphatic rings. The number of carbonyl (C=O) groups excluding carboxylic acids is 1. The number of sulfonamides is 1. The number of hydrogen-bond acceptors (Lipinski definition) is 5. The van der Waals surface area contributed by atoms with Crippen molar-refractivity contribution >= 4 is 27.0 Å². The molecule has 0 aliphatic carbocycles. The van der Waals surface area contributed by atoms with E-state index in [1.165, 1.54) is 0 Å². The Morgan fingerprint density at radius 2 is 1.87 bits per heavy atom. The summed E-state index contributed by atoms with van der Waals surface area (Å²) in [5.74, 6) is 0.786. The number of nitrogens with zero attached hydrogens (tertiary/aromatic N) is 4. The van der Waals surface area contributed by atoms with Crippen molar-refractivity contribution in [2.24, 2.45) is 7.05 Å². The van der Waals surface area contributed by atoms with E-state index in [-0.39, 0.29) is 5.91 Å². The van der Waals surface area contributed by atoms with Gasteiger partial charge in [-0.3, -0.25) is 4.79 Å². The summed E-state index contributed by atoms with van der Waals surface area (Å²) >= 11 is 0. The van der Waals surface area contributed by atoms with Gasteiger partial charge in [-0.2, -0.15) is 4.31 Å². The molecule has 3 rings (SSSR count). The molecule has 0 bridgehead atoms. The molecule has 9 heteroatoms. The number of benzene rings is 1. The predicted molar refractivity (Wildman–Crippen MR) is 122 cm³/mol. The average Bonchev–Trinajstić information content (AvgIpc) is 3.11. The van der Waals surface area contributed by atoms with Crippen molar-refractivity contribution in [1.82, 2.24) is 24.1 Å². The number of carbonyl (C=O) groups is 1. The first-order valence-electron chi connectivity index (χ1n) is 11.3. The number of nitrogens with one attached hydrogen (secondary N) is 1. The van der Waals surface area contributed by atoms with Gasteiger partial charge in [-0.05, 0) is 44.1 Å². The SMILES string of the molecule is CCN(CC)CCNC(=O)CCc1nc2cc(S(=O)(=O)N3CCCCC3)ccc2n1C. The highest BCUT2D eigenvalue weighted by Crippen LogP contribution is 2.24. The molecular weight excluding hydrogens is 414 g/mol. The Hall–Kier alpha value is -1.97. The molecule has 2 aromatic rings.